The lowest BCUT2D eigenvalue weighted by Crippen LogP contribution is -2.21. The van der Waals surface area contributed by atoms with Gasteiger partial charge in [0.2, 0.25) is 0 Å². The summed E-state index contributed by atoms with van der Waals surface area (Å²) in [4.78, 5) is 0. The molecule has 2 N–H and O–H groups in total. The third kappa shape index (κ3) is 4.45. The summed E-state index contributed by atoms with van der Waals surface area (Å²) in [5.41, 5.74) is 7.14. The second-order valence-electron chi connectivity index (χ2n) is 3.72. The Hall–Kier alpha value is -0.670. The highest BCUT2D eigenvalue weighted by atomic mass is 32.2. The van der Waals surface area contributed by atoms with Crippen LogP contribution < -0.4 is 10.5 Å². The third-order valence-corrected chi connectivity index (χ3v) is 3.57. The molecule has 0 bridgehead atoms. The highest BCUT2D eigenvalue weighted by Gasteiger charge is 2.04. The Labute approximate surface area is 103 Å². The van der Waals surface area contributed by atoms with Gasteiger partial charge in [0.15, 0.2) is 0 Å². The molecule has 0 fully saturated rings. The maximum absolute atomic E-state index is 5.88. The van der Waals surface area contributed by atoms with Crippen molar-refractivity contribution in [3.05, 3.63) is 29.8 Å². The summed E-state index contributed by atoms with van der Waals surface area (Å²) in [6.45, 7) is 4.85. The number of benzene rings is 1. The molecule has 0 saturated heterocycles. The van der Waals surface area contributed by atoms with Crippen molar-refractivity contribution >= 4 is 11.8 Å². The van der Waals surface area contributed by atoms with Crippen LogP contribution in [0.5, 0.6) is 5.75 Å². The quantitative estimate of drug-likeness (QED) is 0.794. The SMILES string of the molecule is CCOc1ccccc1CSCC(N)CC. The zero-order valence-electron chi connectivity index (χ0n) is 10.1. The van der Waals surface area contributed by atoms with Crippen LogP contribution in [-0.2, 0) is 5.75 Å². The van der Waals surface area contributed by atoms with E-state index < -0.39 is 0 Å². The topological polar surface area (TPSA) is 35.2 Å². The number of hydrogen-bond acceptors (Lipinski definition) is 3. The fourth-order valence-corrected chi connectivity index (χ4v) is 2.47. The predicted molar refractivity (Wildman–Crippen MR) is 72.0 cm³/mol. The molecular formula is C13H21NOS. The van der Waals surface area contributed by atoms with Crippen molar-refractivity contribution in [1.82, 2.24) is 0 Å². The van der Waals surface area contributed by atoms with Gasteiger partial charge in [0.05, 0.1) is 6.61 Å². The zero-order chi connectivity index (χ0) is 11.8. The molecule has 1 atom stereocenters. The van der Waals surface area contributed by atoms with Crippen molar-refractivity contribution in [2.45, 2.75) is 32.1 Å². The monoisotopic (exact) mass is 239 g/mol. The largest absolute Gasteiger partial charge is 0.494 e. The van der Waals surface area contributed by atoms with Crippen LogP contribution in [0.25, 0.3) is 0 Å². The Morgan fingerprint density at radius 2 is 2.06 bits per heavy atom. The number of nitrogens with two attached hydrogens (primary N) is 1. The van der Waals surface area contributed by atoms with Crippen LogP contribution in [0, 0.1) is 0 Å². The summed E-state index contributed by atoms with van der Waals surface area (Å²) >= 11 is 1.87. The fraction of sp³-hybridized carbons (Fsp3) is 0.538. The van der Waals surface area contributed by atoms with E-state index in [1.54, 1.807) is 0 Å². The minimum Gasteiger partial charge on any atom is -0.494 e. The van der Waals surface area contributed by atoms with E-state index in [-0.39, 0.29) is 0 Å². The van der Waals surface area contributed by atoms with Gasteiger partial charge in [-0.3, -0.25) is 0 Å². The second-order valence-corrected chi connectivity index (χ2v) is 4.75. The molecule has 0 heterocycles. The smallest absolute Gasteiger partial charge is 0.123 e. The average molecular weight is 239 g/mol. The third-order valence-electron chi connectivity index (χ3n) is 2.39. The first-order valence-corrected chi connectivity index (χ1v) is 6.97. The molecule has 0 aliphatic heterocycles. The molecule has 0 aromatic heterocycles. The number of thioether (sulfide) groups is 1. The zero-order valence-corrected chi connectivity index (χ0v) is 10.9. The maximum atomic E-state index is 5.88. The number of ether oxygens (including phenoxy) is 1. The molecule has 0 radical (unpaired) electrons. The fourth-order valence-electron chi connectivity index (χ4n) is 1.36. The van der Waals surface area contributed by atoms with E-state index in [1.807, 2.05) is 30.8 Å². The summed E-state index contributed by atoms with van der Waals surface area (Å²) in [7, 11) is 0. The van der Waals surface area contributed by atoms with Crippen LogP contribution in [0.4, 0.5) is 0 Å². The van der Waals surface area contributed by atoms with Gasteiger partial charge < -0.3 is 10.5 Å². The molecule has 0 amide bonds. The van der Waals surface area contributed by atoms with E-state index >= 15 is 0 Å². The van der Waals surface area contributed by atoms with Gasteiger partial charge in [0, 0.05) is 23.1 Å². The van der Waals surface area contributed by atoms with Gasteiger partial charge in [0.25, 0.3) is 0 Å². The number of rotatable bonds is 7. The Balaban J connectivity index is 2.46. The van der Waals surface area contributed by atoms with E-state index in [4.69, 9.17) is 10.5 Å². The molecule has 0 aliphatic rings. The Morgan fingerprint density at radius 3 is 2.75 bits per heavy atom. The van der Waals surface area contributed by atoms with Crippen molar-refractivity contribution in [2.24, 2.45) is 5.73 Å². The Bertz CT molecular complexity index is 304. The molecule has 0 aliphatic carbocycles. The molecule has 0 saturated carbocycles. The first kappa shape index (κ1) is 13.4. The molecule has 2 nitrogen and oxygen atoms in total. The van der Waals surface area contributed by atoms with E-state index in [0.29, 0.717) is 6.04 Å². The van der Waals surface area contributed by atoms with Crippen LogP contribution in [0.2, 0.25) is 0 Å². The van der Waals surface area contributed by atoms with Crippen LogP contribution in [0.15, 0.2) is 24.3 Å². The van der Waals surface area contributed by atoms with Gasteiger partial charge >= 0.3 is 0 Å². The van der Waals surface area contributed by atoms with Gasteiger partial charge in [-0.2, -0.15) is 11.8 Å². The molecule has 1 unspecified atom stereocenters. The molecule has 1 aromatic carbocycles. The average Bonchev–Trinajstić information content (AvgIpc) is 2.31. The minimum atomic E-state index is 0.309. The summed E-state index contributed by atoms with van der Waals surface area (Å²) in [6, 6.07) is 8.52. The Kier molecular flexibility index (Phi) is 6.34. The molecule has 3 heteroatoms. The lowest BCUT2D eigenvalue weighted by molar-refractivity contribution is 0.337. The van der Waals surface area contributed by atoms with Gasteiger partial charge in [-0.25, -0.2) is 0 Å². The lowest BCUT2D eigenvalue weighted by Gasteiger charge is -2.11. The van der Waals surface area contributed by atoms with E-state index in [2.05, 4.69) is 19.1 Å². The molecule has 1 rings (SSSR count). The van der Waals surface area contributed by atoms with E-state index in [1.165, 1.54) is 5.56 Å². The van der Waals surface area contributed by atoms with Crippen molar-refractivity contribution in [2.75, 3.05) is 12.4 Å². The first-order chi connectivity index (χ1) is 7.77. The Morgan fingerprint density at radius 1 is 1.31 bits per heavy atom. The molecular weight excluding hydrogens is 218 g/mol. The van der Waals surface area contributed by atoms with Gasteiger partial charge in [-0.05, 0) is 19.4 Å². The van der Waals surface area contributed by atoms with Gasteiger partial charge in [0.1, 0.15) is 5.75 Å². The predicted octanol–water partition coefficient (Wildman–Crippen LogP) is 3.06. The maximum Gasteiger partial charge on any atom is 0.123 e. The summed E-state index contributed by atoms with van der Waals surface area (Å²) < 4.78 is 5.58. The molecule has 0 spiro atoms. The summed E-state index contributed by atoms with van der Waals surface area (Å²) in [5, 5.41) is 0. The van der Waals surface area contributed by atoms with Crippen LogP contribution >= 0.6 is 11.8 Å². The van der Waals surface area contributed by atoms with Crippen LogP contribution in [0.3, 0.4) is 0 Å². The van der Waals surface area contributed by atoms with Crippen molar-refractivity contribution in [1.29, 1.82) is 0 Å². The van der Waals surface area contributed by atoms with Crippen LogP contribution in [-0.4, -0.2) is 18.4 Å². The van der Waals surface area contributed by atoms with Crippen molar-refractivity contribution in [3.8, 4) is 5.75 Å². The van der Waals surface area contributed by atoms with Crippen LogP contribution in [0.1, 0.15) is 25.8 Å². The number of para-hydroxylation sites is 1. The van der Waals surface area contributed by atoms with Gasteiger partial charge in [-0.1, -0.05) is 25.1 Å². The first-order valence-electron chi connectivity index (χ1n) is 5.82. The highest BCUT2D eigenvalue weighted by Crippen LogP contribution is 2.23. The second kappa shape index (κ2) is 7.58. The number of hydrogen-bond donors (Lipinski definition) is 1. The molecule has 90 valence electrons. The van der Waals surface area contributed by atoms with E-state index in [9.17, 15) is 0 Å². The molecule has 16 heavy (non-hydrogen) atoms. The highest BCUT2D eigenvalue weighted by molar-refractivity contribution is 7.98. The lowest BCUT2D eigenvalue weighted by atomic mass is 10.2. The normalized spacial score (nSPS) is 12.4. The van der Waals surface area contributed by atoms with E-state index in [0.717, 1.165) is 30.3 Å². The standard InChI is InChI=1S/C13H21NOS/c1-3-12(14)10-16-9-11-7-5-6-8-13(11)15-4-2/h5-8,12H,3-4,9-10,14H2,1-2H3. The molecule has 1 aromatic rings. The minimum absolute atomic E-state index is 0.309. The summed E-state index contributed by atoms with van der Waals surface area (Å²) in [5.74, 6) is 2.99. The van der Waals surface area contributed by atoms with Gasteiger partial charge in [-0.15, -0.1) is 0 Å². The summed E-state index contributed by atoms with van der Waals surface area (Å²) in [6.07, 6.45) is 1.04. The van der Waals surface area contributed by atoms with Crippen molar-refractivity contribution in [3.63, 3.8) is 0 Å². The van der Waals surface area contributed by atoms with Crippen molar-refractivity contribution < 1.29 is 4.74 Å².